The maximum Gasteiger partial charge on any atom is 0.416 e. The predicted octanol–water partition coefficient (Wildman–Crippen LogP) is 1.80. The highest BCUT2D eigenvalue weighted by Gasteiger charge is 2.30. The average molecular weight is 284 g/mol. The van der Waals surface area contributed by atoms with Crippen molar-refractivity contribution < 1.29 is 18.0 Å². The van der Waals surface area contributed by atoms with Crippen molar-refractivity contribution in [1.29, 1.82) is 0 Å². The van der Waals surface area contributed by atoms with Gasteiger partial charge in [-0.05, 0) is 31.2 Å². The summed E-state index contributed by atoms with van der Waals surface area (Å²) < 4.78 is 38.8. The van der Waals surface area contributed by atoms with Crippen LogP contribution in [0.5, 0.6) is 0 Å². The van der Waals surface area contributed by atoms with E-state index in [4.69, 9.17) is 5.84 Å². The number of nitrogen functional groups attached to an aromatic ring is 1. The van der Waals surface area contributed by atoms with Gasteiger partial charge in [-0.2, -0.15) is 18.3 Å². The van der Waals surface area contributed by atoms with Crippen molar-refractivity contribution in [2.24, 2.45) is 5.84 Å². The molecule has 0 saturated heterocycles. The van der Waals surface area contributed by atoms with E-state index in [2.05, 4.69) is 5.10 Å². The molecule has 0 aliphatic rings. The molecule has 0 spiro atoms. The molecular formula is C12H11F3N4O. The quantitative estimate of drug-likeness (QED) is 0.502. The lowest BCUT2D eigenvalue weighted by Crippen LogP contribution is -2.30. The fourth-order valence-corrected chi connectivity index (χ4v) is 1.76. The largest absolute Gasteiger partial charge is 0.416 e. The van der Waals surface area contributed by atoms with Gasteiger partial charge in [-0.15, -0.1) is 0 Å². The Balaban J connectivity index is 2.38. The molecule has 0 atom stereocenters. The lowest BCUT2D eigenvalue weighted by Gasteiger charge is -2.09. The minimum Gasteiger partial charge on any atom is -0.290 e. The van der Waals surface area contributed by atoms with Crippen molar-refractivity contribution >= 4 is 5.91 Å². The van der Waals surface area contributed by atoms with E-state index < -0.39 is 17.6 Å². The highest BCUT2D eigenvalue weighted by molar-refractivity contribution is 5.94. The minimum absolute atomic E-state index is 0.257. The SMILES string of the molecule is Cc1c(C(=O)NN)cnn1-c1ccc(C(F)(F)F)cc1. The molecule has 5 nitrogen and oxygen atoms in total. The molecule has 106 valence electrons. The topological polar surface area (TPSA) is 72.9 Å². The van der Waals surface area contributed by atoms with E-state index in [0.29, 0.717) is 11.4 Å². The maximum absolute atomic E-state index is 12.5. The predicted molar refractivity (Wildman–Crippen MR) is 65.0 cm³/mol. The molecule has 2 aromatic rings. The van der Waals surface area contributed by atoms with Crippen molar-refractivity contribution in [2.45, 2.75) is 13.1 Å². The van der Waals surface area contributed by atoms with Gasteiger partial charge in [-0.3, -0.25) is 10.2 Å². The van der Waals surface area contributed by atoms with Gasteiger partial charge < -0.3 is 0 Å². The summed E-state index contributed by atoms with van der Waals surface area (Å²) in [6.45, 7) is 1.62. The first-order chi connectivity index (χ1) is 9.34. The molecule has 0 aliphatic carbocycles. The number of nitrogens with two attached hydrogens (primary N) is 1. The zero-order chi connectivity index (χ0) is 14.9. The summed E-state index contributed by atoms with van der Waals surface area (Å²) in [5.41, 5.74) is 2.39. The minimum atomic E-state index is -4.39. The number of halogens is 3. The molecule has 1 heterocycles. The van der Waals surface area contributed by atoms with E-state index in [1.54, 1.807) is 6.92 Å². The molecule has 2 rings (SSSR count). The van der Waals surface area contributed by atoms with Crippen LogP contribution in [0.15, 0.2) is 30.5 Å². The second kappa shape index (κ2) is 4.97. The molecule has 0 unspecified atom stereocenters. The number of aromatic nitrogens is 2. The third kappa shape index (κ3) is 2.50. The van der Waals surface area contributed by atoms with Crippen molar-refractivity contribution in [2.75, 3.05) is 0 Å². The first kappa shape index (κ1) is 14.1. The first-order valence-corrected chi connectivity index (χ1v) is 5.58. The Labute approximate surface area is 112 Å². The Kier molecular flexibility index (Phi) is 3.49. The maximum atomic E-state index is 12.5. The molecule has 0 fully saturated rings. The van der Waals surface area contributed by atoms with Gasteiger partial charge >= 0.3 is 6.18 Å². The molecule has 0 radical (unpaired) electrons. The third-order valence-electron chi connectivity index (χ3n) is 2.82. The molecule has 0 bridgehead atoms. The summed E-state index contributed by atoms with van der Waals surface area (Å²) in [7, 11) is 0. The summed E-state index contributed by atoms with van der Waals surface area (Å²) in [6, 6.07) is 4.48. The first-order valence-electron chi connectivity index (χ1n) is 5.58. The Morgan fingerprint density at radius 2 is 1.90 bits per heavy atom. The number of nitrogens with one attached hydrogen (secondary N) is 1. The Bertz CT molecular complexity index is 631. The van der Waals surface area contributed by atoms with Crippen molar-refractivity contribution in [3.05, 3.63) is 47.3 Å². The number of hydrogen-bond acceptors (Lipinski definition) is 3. The van der Waals surface area contributed by atoms with Crippen LogP contribution in [-0.4, -0.2) is 15.7 Å². The van der Waals surface area contributed by atoms with Crippen LogP contribution >= 0.6 is 0 Å². The number of hydrazine groups is 1. The number of carbonyl (C=O) groups excluding carboxylic acids is 1. The number of hydrogen-bond donors (Lipinski definition) is 2. The highest BCUT2D eigenvalue weighted by atomic mass is 19.4. The van der Waals surface area contributed by atoms with E-state index in [1.165, 1.54) is 23.0 Å². The average Bonchev–Trinajstić information content (AvgIpc) is 2.79. The standard InChI is InChI=1S/C12H11F3N4O/c1-7-10(11(20)18-16)6-17-19(7)9-4-2-8(3-5-9)12(13,14)15/h2-6H,16H2,1H3,(H,18,20). The molecule has 1 amide bonds. The second-order valence-corrected chi connectivity index (χ2v) is 4.07. The van der Waals surface area contributed by atoms with Gasteiger partial charge in [-0.25, -0.2) is 10.5 Å². The fourth-order valence-electron chi connectivity index (χ4n) is 1.76. The van der Waals surface area contributed by atoms with Gasteiger partial charge in [0, 0.05) is 0 Å². The second-order valence-electron chi connectivity index (χ2n) is 4.07. The molecule has 0 aliphatic heterocycles. The number of benzene rings is 1. The van der Waals surface area contributed by atoms with Gasteiger partial charge in [0.15, 0.2) is 0 Å². The molecule has 20 heavy (non-hydrogen) atoms. The van der Waals surface area contributed by atoms with Crippen LogP contribution in [0.25, 0.3) is 5.69 Å². The Hall–Kier alpha value is -2.35. The van der Waals surface area contributed by atoms with Crippen LogP contribution in [-0.2, 0) is 6.18 Å². The van der Waals surface area contributed by atoms with E-state index in [9.17, 15) is 18.0 Å². The zero-order valence-electron chi connectivity index (χ0n) is 10.4. The van der Waals surface area contributed by atoms with Gasteiger partial charge in [0.2, 0.25) is 0 Å². The van der Waals surface area contributed by atoms with Crippen LogP contribution in [0.1, 0.15) is 21.6 Å². The van der Waals surface area contributed by atoms with Crippen LogP contribution in [0.3, 0.4) is 0 Å². The molecule has 0 saturated carbocycles. The molecular weight excluding hydrogens is 273 g/mol. The van der Waals surface area contributed by atoms with Crippen LogP contribution in [0.2, 0.25) is 0 Å². The molecule has 3 N–H and O–H groups in total. The molecule has 8 heteroatoms. The van der Waals surface area contributed by atoms with Crippen LogP contribution < -0.4 is 11.3 Å². The van der Waals surface area contributed by atoms with E-state index in [-0.39, 0.29) is 5.56 Å². The number of rotatable bonds is 2. The van der Waals surface area contributed by atoms with E-state index in [0.717, 1.165) is 12.1 Å². The van der Waals surface area contributed by atoms with Crippen LogP contribution in [0, 0.1) is 6.92 Å². The van der Waals surface area contributed by atoms with E-state index in [1.807, 2.05) is 5.43 Å². The third-order valence-corrected chi connectivity index (χ3v) is 2.82. The van der Waals surface area contributed by atoms with Crippen molar-refractivity contribution in [3.8, 4) is 5.69 Å². The lowest BCUT2D eigenvalue weighted by atomic mass is 10.2. The number of nitrogens with zero attached hydrogens (tertiary/aromatic N) is 2. The van der Waals surface area contributed by atoms with Crippen molar-refractivity contribution in [3.63, 3.8) is 0 Å². The number of amides is 1. The highest BCUT2D eigenvalue weighted by Crippen LogP contribution is 2.29. The van der Waals surface area contributed by atoms with Gasteiger partial charge in [0.1, 0.15) is 0 Å². The summed E-state index contributed by atoms with van der Waals surface area (Å²) >= 11 is 0. The number of carbonyl (C=O) groups is 1. The molecule has 1 aromatic heterocycles. The van der Waals surface area contributed by atoms with E-state index >= 15 is 0 Å². The normalized spacial score (nSPS) is 11.4. The smallest absolute Gasteiger partial charge is 0.290 e. The summed E-state index contributed by atoms with van der Waals surface area (Å²) in [4.78, 5) is 11.4. The fraction of sp³-hybridized carbons (Fsp3) is 0.167. The van der Waals surface area contributed by atoms with Gasteiger partial charge in [0.25, 0.3) is 5.91 Å². The molecule has 1 aromatic carbocycles. The Morgan fingerprint density at radius 3 is 2.40 bits per heavy atom. The zero-order valence-corrected chi connectivity index (χ0v) is 10.4. The van der Waals surface area contributed by atoms with Gasteiger partial charge in [0.05, 0.1) is 28.7 Å². The summed E-state index contributed by atoms with van der Waals surface area (Å²) in [5, 5.41) is 3.97. The van der Waals surface area contributed by atoms with Crippen molar-refractivity contribution in [1.82, 2.24) is 15.2 Å². The summed E-state index contributed by atoms with van der Waals surface area (Å²) in [6.07, 6.45) is -3.09. The summed E-state index contributed by atoms with van der Waals surface area (Å²) in [5.74, 6) is 4.51. The Morgan fingerprint density at radius 1 is 1.30 bits per heavy atom. The van der Waals surface area contributed by atoms with Gasteiger partial charge in [-0.1, -0.05) is 0 Å². The monoisotopic (exact) mass is 284 g/mol. The van der Waals surface area contributed by atoms with Crippen LogP contribution in [0.4, 0.5) is 13.2 Å². The lowest BCUT2D eigenvalue weighted by molar-refractivity contribution is -0.137. The number of alkyl halides is 3.